The molecule has 0 aromatic heterocycles. The summed E-state index contributed by atoms with van der Waals surface area (Å²) < 4.78 is 97.2. The van der Waals surface area contributed by atoms with Gasteiger partial charge in [-0.25, -0.2) is 0 Å². The zero-order chi connectivity index (χ0) is 76.6. The van der Waals surface area contributed by atoms with Crippen LogP contribution in [0.3, 0.4) is 0 Å². The number of hydrogen-bond acceptors (Lipinski definition) is 16. The monoisotopic (exact) mass is 1500 g/mol. The molecular weight excluding hydrogens is 1340 g/mol. The van der Waals surface area contributed by atoms with Crippen LogP contribution in [0.5, 0.6) is 23.0 Å². The van der Waals surface area contributed by atoms with Crippen LogP contribution in [0.1, 0.15) is 153 Å². The van der Waals surface area contributed by atoms with Crippen LogP contribution in [0.4, 0.5) is 0 Å². The Morgan fingerprint density at radius 3 is 0.632 bits per heavy atom. The van der Waals surface area contributed by atoms with Crippen molar-refractivity contribution >= 4 is 24.3 Å². The maximum absolute atomic E-state index is 6.59. The van der Waals surface area contributed by atoms with Crippen LogP contribution in [0, 0.1) is 0 Å². The van der Waals surface area contributed by atoms with Crippen LogP contribution in [0.2, 0.25) is 0 Å². The van der Waals surface area contributed by atoms with E-state index < -0.39 is 0 Å². The summed E-state index contributed by atoms with van der Waals surface area (Å²) in [6.07, 6.45) is 26.2. The van der Waals surface area contributed by atoms with Crippen molar-refractivity contribution in [3.8, 4) is 23.0 Å². The Bertz CT molecular complexity index is 2280. The number of unbranched alkanes of at least 4 members (excludes halogenated alkanes) is 8. The summed E-state index contributed by atoms with van der Waals surface area (Å²) in [7, 11) is 16.3. The first-order chi connectivity index (χ1) is 51.7. The minimum atomic E-state index is 0.587. The second-order valence-electron chi connectivity index (χ2n) is 29.5. The number of benzene rings is 3. The number of ether oxygens (including phenoxy) is 16. The first-order valence-corrected chi connectivity index (χ1v) is 40.9. The van der Waals surface area contributed by atoms with Crippen molar-refractivity contribution in [2.24, 2.45) is 0 Å². The lowest BCUT2D eigenvalue weighted by Gasteiger charge is -2.34. The Kier molecular flexibility index (Phi) is 57.3. The van der Waals surface area contributed by atoms with Crippen molar-refractivity contribution in [1.29, 1.82) is 0 Å². The number of quaternary nitrogens is 4. The normalized spacial score (nSPS) is 14.2. The number of nitrogens with zero attached hydrogens (tertiary/aromatic N) is 4. The van der Waals surface area contributed by atoms with Crippen LogP contribution in [0.25, 0.3) is 24.3 Å². The fourth-order valence-corrected chi connectivity index (χ4v) is 12.5. The van der Waals surface area contributed by atoms with E-state index in [9.17, 15) is 0 Å². The van der Waals surface area contributed by atoms with Gasteiger partial charge >= 0.3 is 0 Å². The SMILES string of the molecule is CCCC[N+](C)(CCCCOc1cc(/C=C/c2ccc(/C=C/c3cc(OCCCC[N+](C)(CCCC)CCOCCOCCOC)cc(OCCCC[N+](C)(CCCC)CCOCCOCCOC)c3)cc2)cc(OCCCC[N+](C)(CCCC)CCOCCOCCOC)c1)CCOCCOCCOC. The predicted octanol–water partition coefficient (Wildman–Crippen LogP) is 14.4. The summed E-state index contributed by atoms with van der Waals surface area (Å²) in [5, 5.41) is 0. The quantitative estimate of drug-likeness (QED) is 0.0299. The molecule has 0 aliphatic heterocycles. The number of rotatable bonds is 76. The summed E-state index contributed by atoms with van der Waals surface area (Å²) >= 11 is 0. The average Bonchev–Trinajstić information content (AvgIpc) is 0.863. The van der Waals surface area contributed by atoms with Gasteiger partial charge in [0, 0.05) is 40.6 Å². The Morgan fingerprint density at radius 2 is 0.415 bits per heavy atom. The Morgan fingerprint density at radius 1 is 0.217 bits per heavy atom. The van der Waals surface area contributed by atoms with E-state index in [0.29, 0.717) is 132 Å². The lowest BCUT2D eigenvalue weighted by Crippen LogP contribution is -2.48. The third-order valence-corrected chi connectivity index (χ3v) is 19.6. The van der Waals surface area contributed by atoms with Gasteiger partial charge in [0.05, 0.1) is 239 Å². The van der Waals surface area contributed by atoms with Gasteiger partial charge in [0.25, 0.3) is 0 Å². The molecule has 0 radical (unpaired) electrons. The van der Waals surface area contributed by atoms with E-state index in [2.05, 4.69) is 141 Å². The van der Waals surface area contributed by atoms with Crippen LogP contribution in [-0.4, -0.2) is 312 Å². The molecule has 4 atom stereocenters. The van der Waals surface area contributed by atoms with E-state index >= 15 is 0 Å². The van der Waals surface area contributed by atoms with Crippen molar-refractivity contribution in [2.45, 2.75) is 130 Å². The maximum Gasteiger partial charge on any atom is 0.123 e. The molecule has 0 aliphatic carbocycles. The summed E-state index contributed by atoms with van der Waals surface area (Å²) in [6.45, 7) is 36.7. The summed E-state index contributed by atoms with van der Waals surface area (Å²) in [6, 6.07) is 21.4. The average molecular weight is 1500 g/mol. The van der Waals surface area contributed by atoms with Gasteiger partial charge < -0.3 is 93.7 Å². The van der Waals surface area contributed by atoms with Crippen molar-refractivity contribution in [3.05, 3.63) is 82.9 Å². The molecule has 3 aromatic carbocycles. The van der Waals surface area contributed by atoms with Crippen molar-refractivity contribution in [2.75, 3.05) is 294 Å². The molecular formula is C86H154N4O16+4. The highest BCUT2D eigenvalue weighted by atomic mass is 16.6. The standard InChI is InChI=1S/C86H154N4O16/c1-13-17-37-87(5,45-53-95-65-69-99-61-57-91-9)41-21-25-49-103-83-73-81(74-84(77-83)104-50-26-22-42-88(6,38-18-14-2)46-54-96-66-70-100-62-58-92-10)35-33-79-29-31-80(32-30-79)34-36-82-75-85(105-51-27-23-43-89(7,39-19-15-3)47-55-97-67-71-101-63-59-93-11)78-86(76-82)106-52-28-24-44-90(8,40-20-16-4)48-56-98-68-72-102-64-60-94-12/h29-36,73-78H,13-28,37-72H2,1-12H3/q+4/b35-33+,36-34+. The van der Waals surface area contributed by atoms with Gasteiger partial charge in [-0.3, -0.25) is 0 Å². The first kappa shape index (κ1) is 95.9. The Hall–Kier alpha value is -4.30. The summed E-state index contributed by atoms with van der Waals surface area (Å²) in [4.78, 5) is 0. The fourth-order valence-electron chi connectivity index (χ4n) is 12.5. The van der Waals surface area contributed by atoms with Gasteiger partial charge in [-0.2, -0.15) is 0 Å². The number of hydrogen-bond donors (Lipinski definition) is 0. The smallest absolute Gasteiger partial charge is 0.123 e. The highest BCUT2D eigenvalue weighted by Crippen LogP contribution is 2.28. The molecule has 0 aliphatic rings. The minimum Gasteiger partial charge on any atom is -0.493 e. The number of likely N-dealkylation sites (N-methyl/N-ethyl adjacent to an activating group) is 4. The first-order valence-electron chi connectivity index (χ1n) is 40.9. The predicted molar refractivity (Wildman–Crippen MR) is 433 cm³/mol. The van der Waals surface area contributed by atoms with E-state index in [1.807, 2.05) is 0 Å². The fraction of sp³-hybridized carbons (Fsp3) is 0.744. The van der Waals surface area contributed by atoms with Crippen molar-refractivity contribution in [1.82, 2.24) is 0 Å². The topological polar surface area (TPSA) is 148 Å². The molecule has 0 heterocycles. The molecule has 20 heteroatoms. The molecule has 3 aromatic rings. The Balaban J connectivity index is 1.79. The van der Waals surface area contributed by atoms with Crippen LogP contribution >= 0.6 is 0 Å². The molecule has 3 rings (SSSR count). The molecule has 0 amide bonds. The van der Waals surface area contributed by atoms with Gasteiger partial charge in [0.2, 0.25) is 0 Å². The Labute approximate surface area is 645 Å². The molecule has 0 saturated carbocycles. The summed E-state index contributed by atoms with van der Waals surface area (Å²) in [5.41, 5.74) is 4.26. The molecule has 0 bridgehead atoms. The zero-order valence-corrected chi connectivity index (χ0v) is 69.2. The molecule has 106 heavy (non-hydrogen) atoms. The van der Waals surface area contributed by atoms with Crippen molar-refractivity contribution in [3.63, 3.8) is 0 Å². The van der Waals surface area contributed by atoms with Crippen molar-refractivity contribution < 1.29 is 93.7 Å². The molecule has 0 fully saturated rings. The van der Waals surface area contributed by atoms with Crippen LogP contribution in [-0.2, 0) is 56.8 Å². The number of methoxy groups -OCH3 is 4. The van der Waals surface area contributed by atoms with E-state index in [1.165, 1.54) is 51.4 Å². The molecule has 0 saturated heterocycles. The highest BCUT2D eigenvalue weighted by Gasteiger charge is 2.25. The molecule has 0 spiro atoms. The second-order valence-corrected chi connectivity index (χ2v) is 29.5. The van der Waals surface area contributed by atoms with Gasteiger partial charge in [0.1, 0.15) is 49.2 Å². The largest absolute Gasteiger partial charge is 0.493 e. The van der Waals surface area contributed by atoms with E-state index in [4.69, 9.17) is 75.8 Å². The van der Waals surface area contributed by atoms with Crippen LogP contribution < -0.4 is 18.9 Å². The molecule has 20 nitrogen and oxygen atoms in total. The minimum absolute atomic E-state index is 0.587. The van der Waals surface area contributed by atoms with Gasteiger partial charge in [-0.15, -0.1) is 0 Å². The second kappa shape index (κ2) is 63.4. The molecule has 4 unspecified atom stereocenters. The van der Waals surface area contributed by atoms with Gasteiger partial charge in [-0.05, 0) is 124 Å². The van der Waals surface area contributed by atoms with E-state index in [1.54, 1.807) is 28.4 Å². The lowest BCUT2D eigenvalue weighted by molar-refractivity contribution is -0.910. The molecule has 610 valence electrons. The van der Waals surface area contributed by atoms with Gasteiger partial charge in [-0.1, -0.05) is 102 Å². The van der Waals surface area contributed by atoms with E-state index in [-0.39, 0.29) is 0 Å². The van der Waals surface area contributed by atoms with E-state index in [0.717, 1.165) is 220 Å². The van der Waals surface area contributed by atoms with Crippen LogP contribution in [0.15, 0.2) is 60.7 Å². The van der Waals surface area contributed by atoms with Gasteiger partial charge in [0.15, 0.2) is 0 Å². The lowest BCUT2D eigenvalue weighted by atomic mass is 10.1. The zero-order valence-electron chi connectivity index (χ0n) is 69.2. The highest BCUT2D eigenvalue weighted by molar-refractivity contribution is 5.74. The molecule has 0 N–H and O–H groups in total. The maximum atomic E-state index is 6.59. The third kappa shape index (κ3) is 49.8. The summed E-state index contributed by atoms with van der Waals surface area (Å²) in [5.74, 6) is 3.28. The third-order valence-electron chi connectivity index (χ3n) is 19.6.